The quantitative estimate of drug-likeness (QED) is 0.885. The van der Waals surface area contributed by atoms with Gasteiger partial charge >= 0.3 is 0 Å². The average molecular weight is 348 g/mol. The molecule has 0 atom stereocenters. The maximum absolute atomic E-state index is 13.3. The Morgan fingerprint density at radius 2 is 1.67 bits per heavy atom. The van der Waals surface area contributed by atoms with Crippen molar-refractivity contribution in [3.8, 4) is 0 Å². The maximum Gasteiger partial charge on any atom is 0.261 e. The summed E-state index contributed by atoms with van der Waals surface area (Å²) in [4.78, 5) is 0.0103. The Morgan fingerprint density at radius 1 is 1.00 bits per heavy atom. The fraction of sp³-hybridized carbons (Fsp3) is 0.143. The van der Waals surface area contributed by atoms with Gasteiger partial charge in [0.2, 0.25) is 0 Å². The molecule has 0 amide bonds. The number of rotatable bonds is 3. The summed E-state index contributed by atoms with van der Waals surface area (Å²) in [5.74, 6) is -0.499. The third kappa shape index (κ3) is 3.48. The van der Waals surface area contributed by atoms with Gasteiger partial charge in [-0.1, -0.05) is 29.3 Å². The maximum atomic E-state index is 13.3. The Bertz CT molecular complexity index is 807. The van der Waals surface area contributed by atoms with Crippen LogP contribution in [-0.2, 0) is 10.0 Å². The zero-order chi connectivity index (χ0) is 15.8. The Morgan fingerprint density at radius 3 is 2.29 bits per heavy atom. The number of benzene rings is 2. The predicted octanol–water partition coefficient (Wildman–Crippen LogP) is 4.55. The molecule has 2 rings (SSSR count). The number of aryl methyl sites for hydroxylation is 2. The Kier molecular flexibility index (Phi) is 4.46. The molecule has 0 fully saturated rings. The van der Waals surface area contributed by atoms with Crippen molar-refractivity contribution >= 4 is 38.9 Å². The number of sulfonamides is 1. The van der Waals surface area contributed by atoms with Crippen molar-refractivity contribution in [2.45, 2.75) is 18.7 Å². The molecule has 2 aromatic carbocycles. The smallest absolute Gasteiger partial charge is 0.261 e. The van der Waals surface area contributed by atoms with Gasteiger partial charge in [0.25, 0.3) is 10.0 Å². The van der Waals surface area contributed by atoms with E-state index in [1.807, 2.05) is 0 Å². The van der Waals surface area contributed by atoms with E-state index < -0.39 is 15.8 Å². The van der Waals surface area contributed by atoms with Crippen LogP contribution in [0.25, 0.3) is 0 Å². The number of hydrogen-bond donors (Lipinski definition) is 1. The Hall–Kier alpha value is -1.30. The molecule has 0 aromatic heterocycles. The van der Waals surface area contributed by atoms with Crippen molar-refractivity contribution in [1.29, 1.82) is 0 Å². The van der Waals surface area contributed by atoms with Gasteiger partial charge in [0.1, 0.15) is 5.82 Å². The third-order valence-corrected chi connectivity index (χ3v) is 5.03. The van der Waals surface area contributed by atoms with Gasteiger partial charge in [-0.2, -0.15) is 0 Å². The first kappa shape index (κ1) is 16.1. The molecule has 0 unspecified atom stereocenters. The number of anilines is 1. The van der Waals surface area contributed by atoms with Gasteiger partial charge in [-0.15, -0.1) is 0 Å². The lowest BCUT2D eigenvalue weighted by Gasteiger charge is -2.11. The first-order chi connectivity index (χ1) is 9.70. The molecule has 2 aromatic rings. The second-order valence-electron chi connectivity index (χ2n) is 4.60. The van der Waals surface area contributed by atoms with Crippen LogP contribution in [0.1, 0.15) is 11.1 Å². The largest absolute Gasteiger partial charge is 0.278 e. The molecule has 0 saturated carbocycles. The van der Waals surface area contributed by atoms with Crippen molar-refractivity contribution in [3.63, 3.8) is 0 Å². The second-order valence-corrected chi connectivity index (χ2v) is 7.09. The molecule has 21 heavy (non-hydrogen) atoms. The fourth-order valence-corrected chi connectivity index (χ4v) is 3.28. The Balaban J connectivity index is 2.42. The summed E-state index contributed by atoms with van der Waals surface area (Å²) >= 11 is 11.8. The summed E-state index contributed by atoms with van der Waals surface area (Å²) in [6, 6.07) is 6.80. The van der Waals surface area contributed by atoms with Crippen LogP contribution >= 0.6 is 23.2 Å². The highest BCUT2D eigenvalue weighted by Gasteiger charge is 2.17. The molecular weight excluding hydrogens is 336 g/mol. The van der Waals surface area contributed by atoms with Gasteiger partial charge in [-0.05, 0) is 49.2 Å². The van der Waals surface area contributed by atoms with E-state index in [9.17, 15) is 12.8 Å². The Labute approximate surface area is 132 Å². The van der Waals surface area contributed by atoms with Crippen LogP contribution in [0.3, 0.4) is 0 Å². The molecule has 0 spiro atoms. The van der Waals surface area contributed by atoms with E-state index in [-0.39, 0.29) is 15.6 Å². The standard InChI is InChI=1S/C14H12Cl2FNO2S/c1-8-3-4-10(6-11(8)15)21(19,20)18-14-5-9(2)13(17)7-12(14)16/h3-7,18H,1-2H3. The van der Waals surface area contributed by atoms with Crippen LogP contribution in [0.5, 0.6) is 0 Å². The van der Waals surface area contributed by atoms with E-state index in [1.54, 1.807) is 13.0 Å². The van der Waals surface area contributed by atoms with Crippen LogP contribution in [0.15, 0.2) is 35.2 Å². The SMILES string of the molecule is Cc1cc(NS(=O)(=O)c2ccc(C)c(Cl)c2)c(Cl)cc1F. The highest BCUT2D eigenvalue weighted by atomic mass is 35.5. The lowest BCUT2D eigenvalue weighted by Crippen LogP contribution is -2.13. The molecule has 0 aliphatic heterocycles. The van der Waals surface area contributed by atoms with E-state index in [1.165, 1.54) is 25.1 Å². The zero-order valence-electron chi connectivity index (χ0n) is 11.2. The van der Waals surface area contributed by atoms with Crippen molar-refractivity contribution in [3.05, 3.63) is 57.3 Å². The topological polar surface area (TPSA) is 46.2 Å². The molecule has 0 aliphatic carbocycles. The number of nitrogens with one attached hydrogen (secondary N) is 1. The van der Waals surface area contributed by atoms with Gasteiger partial charge in [0.15, 0.2) is 0 Å². The minimum Gasteiger partial charge on any atom is -0.278 e. The van der Waals surface area contributed by atoms with Crippen molar-refractivity contribution in [2.24, 2.45) is 0 Å². The number of hydrogen-bond acceptors (Lipinski definition) is 2. The first-order valence-corrected chi connectivity index (χ1v) is 8.19. The summed E-state index contributed by atoms with van der Waals surface area (Å²) in [6.07, 6.45) is 0. The lowest BCUT2D eigenvalue weighted by molar-refractivity contribution is 0.601. The van der Waals surface area contributed by atoms with E-state index in [2.05, 4.69) is 4.72 Å². The molecule has 1 N–H and O–H groups in total. The van der Waals surface area contributed by atoms with Crippen molar-refractivity contribution in [1.82, 2.24) is 0 Å². The van der Waals surface area contributed by atoms with Crippen LogP contribution in [-0.4, -0.2) is 8.42 Å². The zero-order valence-corrected chi connectivity index (χ0v) is 13.6. The van der Waals surface area contributed by atoms with Crippen molar-refractivity contribution < 1.29 is 12.8 Å². The van der Waals surface area contributed by atoms with Crippen LogP contribution in [0.2, 0.25) is 10.0 Å². The van der Waals surface area contributed by atoms with Gasteiger partial charge < -0.3 is 0 Å². The highest BCUT2D eigenvalue weighted by Crippen LogP contribution is 2.28. The summed E-state index contributed by atoms with van der Waals surface area (Å²) in [7, 11) is -3.85. The molecule has 3 nitrogen and oxygen atoms in total. The van der Waals surface area contributed by atoms with E-state index in [0.717, 1.165) is 11.6 Å². The first-order valence-electron chi connectivity index (χ1n) is 5.95. The van der Waals surface area contributed by atoms with Crippen LogP contribution in [0.4, 0.5) is 10.1 Å². The molecule has 0 heterocycles. The molecule has 0 bridgehead atoms. The van der Waals surface area contributed by atoms with Crippen molar-refractivity contribution in [2.75, 3.05) is 4.72 Å². The fourth-order valence-electron chi connectivity index (χ4n) is 1.68. The molecule has 0 saturated heterocycles. The van der Waals surface area contributed by atoms with Gasteiger partial charge in [-0.25, -0.2) is 12.8 Å². The third-order valence-electron chi connectivity index (χ3n) is 2.95. The van der Waals surface area contributed by atoms with E-state index in [4.69, 9.17) is 23.2 Å². The predicted molar refractivity (Wildman–Crippen MR) is 83.1 cm³/mol. The molecule has 7 heteroatoms. The lowest BCUT2D eigenvalue weighted by atomic mass is 10.2. The van der Waals surface area contributed by atoms with Gasteiger partial charge in [0.05, 0.1) is 15.6 Å². The average Bonchev–Trinajstić information content (AvgIpc) is 2.39. The minimum atomic E-state index is -3.85. The van der Waals surface area contributed by atoms with E-state index >= 15 is 0 Å². The second kappa shape index (κ2) is 5.83. The normalized spacial score (nSPS) is 11.5. The van der Waals surface area contributed by atoms with Crippen LogP contribution in [0, 0.1) is 19.7 Å². The summed E-state index contributed by atoms with van der Waals surface area (Å²) < 4.78 is 40.2. The molecule has 0 radical (unpaired) electrons. The minimum absolute atomic E-state index is 0.0103. The van der Waals surface area contributed by atoms with Gasteiger partial charge in [0, 0.05) is 5.02 Å². The summed E-state index contributed by atoms with van der Waals surface area (Å²) in [6.45, 7) is 3.29. The molecular formula is C14H12Cl2FNO2S. The van der Waals surface area contributed by atoms with Crippen LogP contribution < -0.4 is 4.72 Å². The molecule has 112 valence electrons. The molecule has 0 aliphatic rings. The summed E-state index contributed by atoms with van der Waals surface area (Å²) in [5.41, 5.74) is 1.18. The highest BCUT2D eigenvalue weighted by molar-refractivity contribution is 7.92. The summed E-state index contributed by atoms with van der Waals surface area (Å²) in [5, 5.41) is 0.333. The number of halogens is 3. The van der Waals surface area contributed by atoms with E-state index in [0.29, 0.717) is 10.6 Å². The monoisotopic (exact) mass is 347 g/mol. The van der Waals surface area contributed by atoms with Gasteiger partial charge in [-0.3, -0.25) is 4.72 Å².